The number of hydrogen-bond donors (Lipinski definition) is 1. The molecule has 0 aromatic carbocycles. The van der Waals surface area contributed by atoms with Crippen LogP contribution in [0.2, 0.25) is 0 Å². The van der Waals surface area contributed by atoms with Crippen molar-refractivity contribution in [1.82, 2.24) is 10.2 Å². The molecule has 15 heavy (non-hydrogen) atoms. The summed E-state index contributed by atoms with van der Waals surface area (Å²) in [6, 6.07) is 4.17. The molecule has 0 radical (unpaired) electrons. The Balaban J connectivity index is 1.86. The Hall–Kier alpha value is -0.870. The van der Waals surface area contributed by atoms with Crippen LogP contribution in [-0.4, -0.2) is 36.5 Å². The number of hydrogen-bond acceptors (Lipinski definition) is 3. The topological polar surface area (TPSA) is 32.3 Å². The zero-order valence-corrected chi connectivity index (χ0v) is 9.72. The summed E-state index contributed by atoms with van der Waals surface area (Å²) in [5.74, 6) is 0.234. The third kappa shape index (κ3) is 2.58. The molecule has 1 saturated heterocycles. The summed E-state index contributed by atoms with van der Waals surface area (Å²) in [4.78, 5) is 15.1. The predicted molar refractivity (Wildman–Crippen MR) is 62.1 cm³/mol. The summed E-state index contributed by atoms with van der Waals surface area (Å²) >= 11 is 1.76. The van der Waals surface area contributed by atoms with Crippen molar-refractivity contribution in [3.8, 4) is 0 Å². The first-order valence-corrected chi connectivity index (χ1v) is 6.20. The number of carbonyl (C=O) groups is 1. The quantitative estimate of drug-likeness (QED) is 0.834. The van der Waals surface area contributed by atoms with Crippen molar-refractivity contribution < 1.29 is 4.79 Å². The number of rotatable bonds is 3. The van der Waals surface area contributed by atoms with Crippen LogP contribution in [0, 0.1) is 0 Å². The molecule has 1 aromatic rings. The van der Waals surface area contributed by atoms with E-state index in [4.69, 9.17) is 0 Å². The van der Waals surface area contributed by atoms with Crippen molar-refractivity contribution in [3.63, 3.8) is 0 Å². The van der Waals surface area contributed by atoms with Gasteiger partial charge in [-0.05, 0) is 24.8 Å². The zero-order chi connectivity index (χ0) is 10.7. The first-order chi connectivity index (χ1) is 7.27. The van der Waals surface area contributed by atoms with E-state index < -0.39 is 0 Å². The van der Waals surface area contributed by atoms with Gasteiger partial charge in [-0.2, -0.15) is 0 Å². The van der Waals surface area contributed by atoms with Gasteiger partial charge in [0.15, 0.2) is 0 Å². The van der Waals surface area contributed by atoms with Crippen LogP contribution in [-0.2, 0) is 11.2 Å². The van der Waals surface area contributed by atoms with Gasteiger partial charge in [-0.3, -0.25) is 4.79 Å². The second kappa shape index (κ2) is 4.77. The maximum atomic E-state index is 11.8. The van der Waals surface area contributed by atoms with E-state index in [1.807, 2.05) is 11.8 Å². The average Bonchev–Trinajstić information content (AvgIpc) is 2.73. The van der Waals surface area contributed by atoms with Crippen LogP contribution < -0.4 is 5.32 Å². The van der Waals surface area contributed by atoms with E-state index in [2.05, 4.69) is 22.8 Å². The van der Waals surface area contributed by atoms with Crippen molar-refractivity contribution in [3.05, 3.63) is 22.4 Å². The van der Waals surface area contributed by atoms with Gasteiger partial charge < -0.3 is 10.2 Å². The molecule has 1 N–H and O–H groups in total. The normalized spacial score (nSPS) is 22.1. The van der Waals surface area contributed by atoms with Crippen LogP contribution in [0.1, 0.15) is 11.8 Å². The van der Waals surface area contributed by atoms with Gasteiger partial charge in [0.05, 0.1) is 6.04 Å². The maximum Gasteiger partial charge on any atom is 0.239 e. The smallest absolute Gasteiger partial charge is 0.239 e. The van der Waals surface area contributed by atoms with Crippen LogP contribution in [0.4, 0.5) is 0 Å². The number of nitrogens with one attached hydrogen (secondary N) is 1. The number of carbonyl (C=O) groups excluding carboxylic acids is 1. The van der Waals surface area contributed by atoms with Gasteiger partial charge in [0.2, 0.25) is 5.91 Å². The lowest BCUT2D eigenvalue weighted by molar-refractivity contribution is -0.135. The predicted octanol–water partition coefficient (Wildman–Crippen LogP) is 1.11. The third-order valence-electron chi connectivity index (χ3n) is 2.72. The molecule has 0 spiro atoms. The summed E-state index contributed by atoms with van der Waals surface area (Å²) in [5.41, 5.74) is 0. The number of nitrogens with zero attached hydrogens (tertiary/aromatic N) is 1. The highest BCUT2D eigenvalue weighted by Gasteiger charge is 2.23. The van der Waals surface area contributed by atoms with E-state index in [1.54, 1.807) is 11.3 Å². The van der Waals surface area contributed by atoms with Crippen molar-refractivity contribution in [1.29, 1.82) is 0 Å². The van der Waals surface area contributed by atoms with E-state index >= 15 is 0 Å². The minimum Gasteiger partial charge on any atom is -0.340 e. The highest BCUT2D eigenvalue weighted by atomic mass is 32.1. The van der Waals surface area contributed by atoms with Gasteiger partial charge >= 0.3 is 0 Å². The summed E-state index contributed by atoms with van der Waals surface area (Å²) in [5, 5.41) is 5.25. The Kier molecular flexibility index (Phi) is 3.38. The largest absolute Gasteiger partial charge is 0.340 e. The lowest BCUT2D eigenvalue weighted by atomic mass is 10.2. The fourth-order valence-electron chi connectivity index (χ4n) is 1.81. The Bertz CT molecular complexity index is 323. The molecule has 1 aliphatic rings. The Morgan fingerprint density at radius 1 is 1.67 bits per heavy atom. The van der Waals surface area contributed by atoms with Gasteiger partial charge in [0, 0.05) is 24.5 Å². The molecule has 82 valence electrons. The average molecular weight is 224 g/mol. The zero-order valence-electron chi connectivity index (χ0n) is 8.90. The van der Waals surface area contributed by atoms with Crippen molar-refractivity contribution >= 4 is 17.2 Å². The van der Waals surface area contributed by atoms with Crippen LogP contribution >= 0.6 is 11.3 Å². The highest BCUT2D eigenvalue weighted by Crippen LogP contribution is 2.10. The van der Waals surface area contributed by atoms with Gasteiger partial charge in [0.1, 0.15) is 0 Å². The molecule has 1 atom stereocenters. The molecule has 1 amide bonds. The van der Waals surface area contributed by atoms with Crippen LogP contribution in [0.25, 0.3) is 0 Å². The van der Waals surface area contributed by atoms with Gasteiger partial charge in [0.25, 0.3) is 0 Å². The fourth-order valence-corrected chi connectivity index (χ4v) is 2.51. The second-order valence-corrected chi connectivity index (χ2v) is 4.86. The number of piperazine rings is 1. The summed E-state index contributed by atoms with van der Waals surface area (Å²) < 4.78 is 0. The first kappa shape index (κ1) is 10.6. The summed E-state index contributed by atoms with van der Waals surface area (Å²) in [6.07, 6.45) is 0.982. The van der Waals surface area contributed by atoms with E-state index in [-0.39, 0.29) is 11.9 Å². The maximum absolute atomic E-state index is 11.8. The van der Waals surface area contributed by atoms with Crippen molar-refractivity contribution in [2.45, 2.75) is 19.4 Å². The molecular weight excluding hydrogens is 208 g/mol. The lowest BCUT2D eigenvalue weighted by Gasteiger charge is -2.31. The lowest BCUT2D eigenvalue weighted by Crippen LogP contribution is -2.54. The van der Waals surface area contributed by atoms with Crippen molar-refractivity contribution in [2.75, 3.05) is 19.6 Å². The van der Waals surface area contributed by atoms with E-state index in [1.165, 1.54) is 4.88 Å². The fraction of sp³-hybridized carbons (Fsp3) is 0.545. The summed E-state index contributed by atoms with van der Waals surface area (Å²) in [6.45, 7) is 4.54. The minimum atomic E-state index is -0.0120. The first-order valence-electron chi connectivity index (χ1n) is 5.32. The van der Waals surface area contributed by atoms with Crippen LogP contribution in [0.15, 0.2) is 17.5 Å². The monoisotopic (exact) mass is 224 g/mol. The van der Waals surface area contributed by atoms with E-state index in [0.29, 0.717) is 0 Å². The SMILES string of the molecule is CC1NCCN(CCc2cccs2)C1=O. The Labute approximate surface area is 94.1 Å². The summed E-state index contributed by atoms with van der Waals surface area (Å²) in [7, 11) is 0. The number of amides is 1. The third-order valence-corrected chi connectivity index (χ3v) is 3.66. The molecular formula is C11H16N2OS. The van der Waals surface area contributed by atoms with Gasteiger partial charge in [-0.15, -0.1) is 11.3 Å². The molecule has 1 aromatic heterocycles. The van der Waals surface area contributed by atoms with Crippen molar-refractivity contribution in [2.24, 2.45) is 0 Å². The molecule has 0 aliphatic carbocycles. The Morgan fingerprint density at radius 3 is 3.27 bits per heavy atom. The number of thiophene rings is 1. The molecule has 0 bridgehead atoms. The van der Waals surface area contributed by atoms with E-state index in [0.717, 1.165) is 26.1 Å². The molecule has 0 saturated carbocycles. The van der Waals surface area contributed by atoms with E-state index in [9.17, 15) is 4.79 Å². The molecule has 1 aliphatic heterocycles. The molecule has 2 heterocycles. The molecule has 3 nitrogen and oxygen atoms in total. The Morgan fingerprint density at radius 2 is 2.53 bits per heavy atom. The standard InChI is InChI=1S/C11H16N2OS/c1-9-11(14)13(7-5-12-9)6-4-10-3-2-8-15-10/h2-3,8-9,12H,4-7H2,1H3. The van der Waals surface area contributed by atoms with Crippen LogP contribution in [0.5, 0.6) is 0 Å². The molecule has 2 rings (SSSR count). The molecule has 1 fully saturated rings. The molecule has 4 heteroatoms. The van der Waals surface area contributed by atoms with Gasteiger partial charge in [-0.25, -0.2) is 0 Å². The molecule has 1 unspecified atom stereocenters. The van der Waals surface area contributed by atoms with Gasteiger partial charge in [-0.1, -0.05) is 6.07 Å². The minimum absolute atomic E-state index is 0.0120. The van der Waals surface area contributed by atoms with Crippen LogP contribution in [0.3, 0.4) is 0 Å². The second-order valence-electron chi connectivity index (χ2n) is 3.83. The highest BCUT2D eigenvalue weighted by molar-refractivity contribution is 7.09.